The minimum Gasteiger partial charge on any atom is -0.508 e. The maximum Gasteiger partial charge on any atom is 0.423 e. The van der Waals surface area contributed by atoms with E-state index in [1.165, 1.54) is 0 Å². The average molecular weight is 437 g/mol. The molecular weight excluding hydrogens is 400 g/mol. The van der Waals surface area contributed by atoms with E-state index in [0.29, 0.717) is 17.2 Å². The number of esters is 2. The summed E-state index contributed by atoms with van der Waals surface area (Å²) >= 11 is 0. The second-order valence-corrected chi connectivity index (χ2v) is 4.74. The molecule has 7 heteroatoms. The monoisotopic (exact) mass is 436 g/mol. The number of rotatable bonds is 2. The van der Waals surface area contributed by atoms with Gasteiger partial charge >= 0.3 is 11.9 Å². The predicted molar refractivity (Wildman–Crippen MR) is 126 cm³/mol. The zero-order valence-electron chi connectivity index (χ0n) is 14.2. The number of hydrogen-bond acceptors (Lipinski definition) is 5. The van der Waals surface area contributed by atoms with E-state index < -0.39 is 11.9 Å². The maximum atomic E-state index is 11.4. The fraction of sp³-hybridized carbons (Fsp3) is 0.167. The Morgan fingerprint density at radius 1 is 0.516 bits per heavy atom. The van der Waals surface area contributed by atoms with Crippen molar-refractivity contribution in [2.75, 3.05) is 0 Å². The van der Waals surface area contributed by atoms with E-state index in [9.17, 15) is 9.59 Å². The molecule has 0 heterocycles. The van der Waals surface area contributed by atoms with Gasteiger partial charge < -0.3 is 25.5 Å². The molecule has 5 N–H and O–H groups in total. The van der Waals surface area contributed by atoms with E-state index in [1.807, 2.05) is 6.07 Å². The lowest BCUT2D eigenvalue weighted by molar-refractivity contribution is -0.156. The van der Waals surface area contributed by atoms with Crippen LogP contribution in [0.3, 0.4) is 0 Å². The summed E-state index contributed by atoms with van der Waals surface area (Å²) in [5, 5.41) is 8.63. The van der Waals surface area contributed by atoms with Crippen molar-refractivity contribution < 1.29 is 35.1 Å². The van der Waals surface area contributed by atoms with Crippen LogP contribution in [0.2, 0.25) is 0 Å². The number of ether oxygens (including phenoxy) is 2. The lowest BCUT2D eigenvalue weighted by Crippen LogP contribution is -2.25. The van der Waals surface area contributed by atoms with Crippen molar-refractivity contribution in [2.45, 2.75) is 29.7 Å². The van der Waals surface area contributed by atoms with Crippen molar-refractivity contribution in [3.63, 3.8) is 0 Å². The second kappa shape index (κ2) is 21.0. The Morgan fingerprint density at radius 2 is 0.774 bits per heavy atom. The van der Waals surface area contributed by atoms with E-state index >= 15 is 0 Å². The number of phenolic OH excluding ortho intramolecular Hbond substituents is 1. The third kappa shape index (κ3) is 14.9. The van der Waals surface area contributed by atoms with Crippen LogP contribution in [-0.4, -0.2) is 28.0 Å². The third-order valence-electron chi connectivity index (χ3n) is 2.83. The Kier molecular flexibility index (Phi) is 25.8. The van der Waals surface area contributed by atoms with Gasteiger partial charge in [0.15, 0.2) is 0 Å². The Morgan fingerprint density at radius 3 is 1.00 bits per heavy atom. The van der Waals surface area contributed by atoms with Crippen molar-refractivity contribution >= 4 is 11.9 Å². The molecule has 0 aliphatic heterocycles. The van der Waals surface area contributed by atoms with Gasteiger partial charge in [0.1, 0.15) is 17.2 Å². The molecule has 0 amide bonds. The number of benzene rings is 3. The number of carbonyl (C=O) groups excluding carboxylic acids is 2. The van der Waals surface area contributed by atoms with Gasteiger partial charge in [-0.3, -0.25) is 0 Å². The van der Waals surface area contributed by atoms with Crippen molar-refractivity contribution in [1.29, 1.82) is 0 Å². The van der Waals surface area contributed by atoms with E-state index in [2.05, 4.69) is 0 Å². The molecule has 0 saturated carbocycles. The molecule has 0 unspecified atom stereocenters. The molecule has 0 fully saturated rings. The molecule has 0 aliphatic rings. The quantitative estimate of drug-likeness (QED) is 0.359. The van der Waals surface area contributed by atoms with Crippen LogP contribution in [0.4, 0.5) is 0 Å². The van der Waals surface area contributed by atoms with Crippen molar-refractivity contribution in [1.82, 2.24) is 0 Å². The maximum absolute atomic E-state index is 11.4. The summed E-state index contributed by atoms with van der Waals surface area (Å²) in [6.45, 7) is 0. The highest BCUT2D eigenvalue weighted by atomic mass is 16.6. The van der Waals surface area contributed by atoms with Crippen LogP contribution in [0.1, 0.15) is 29.7 Å². The van der Waals surface area contributed by atoms with E-state index in [-0.39, 0.29) is 40.7 Å². The van der Waals surface area contributed by atoms with Crippen LogP contribution >= 0.6 is 0 Å². The smallest absolute Gasteiger partial charge is 0.423 e. The molecular formula is C24H36O7. The number of carbonyl (C=O) groups is 2. The lowest BCUT2D eigenvalue weighted by Gasteiger charge is -2.04. The Balaban J connectivity index is -0.000000152. The molecule has 0 spiro atoms. The first-order chi connectivity index (χ1) is 12.1. The standard InChI is InChI=1S/C14H10O4.C6H6O.4CH4.2H2O/c15-13(17-11-7-3-1-4-8-11)14(16)18-12-9-5-2-6-10-12;7-6-4-2-1-3-5-6;;;;;;/h1-10H;1-5,7H;4*1H4;2*1H2. The number of hydrogen-bond donors (Lipinski definition) is 1. The molecule has 3 aromatic rings. The first kappa shape index (κ1) is 38.0. The first-order valence-electron chi connectivity index (χ1n) is 7.43. The second-order valence-electron chi connectivity index (χ2n) is 4.74. The van der Waals surface area contributed by atoms with Crippen LogP contribution in [-0.2, 0) is 9.59 Å². The van der Waals surface area contributed by atoms with Gasteiger partial charge in [-0.25, -0.2) is 9.59 Å². The summed E-state index contributed by atoms with van der Waals surface area (Å²) in [5.41, 5.74) is 0. The van der Waals surface area contributed by atoms with Crippen LogP contribution in [0, 0.1) is 0 Å². The Bertz CT molecular complexity index is 740. The molecule has 7 nitrogen and oxygen atoms in total. The van der Waals surface area contributed by atoms with Gasteiger partial charge in [-0.1, -0.05) is 84.3 Å². The van der Waals surface area contributed by atoms with Gasteiger partial charge in [-0.2, -0.15) is 0 Å². The van der Waals surface area contributed by atoms with Crippen LogP contribution in [0.5, 0.6) is 17.2 Å². The first-order valence-corrected chi connectivity index (χ1v) is 7.43. The minimum absolute atomic E-state index is 0. The molecule has 0 bridgehead atoms. The van der Waals surface area contributed by atoms with E-state index in [0.717, 1.165) is 0 Å². The molecule has 3 rings (SSSR count). The summed E-state index contributed by atoms with van der Waals surface area (Å²) in [4.78, 5) is 22.8. The van der Waals surface area contributed by atoms with Gasteiger partial charge in [0, 0.05) is 0 Å². The summed E-state index contributed by atoms with van der Waals surface area (Å²) in [5.74, 6) is -1.18. The molecule has 0 saturated heterocycles. The molecule has 3 aromatic carbocycles. The number of aromatic hydroxyl groups is 1. The Hall–Kier alpha value is -3.68. The zero-order valence-corrected chi connectivity index (χ0v) is 14.2. The highest BCUT2D eigenvalue weighted by Gasteiger charge is 2.18. The number of phenols is 1. The van der Waals surface area contributed by atoms with E-state index in [1.54, 1.807) is 84.9 Å². The zero-order chi connectivity index (χ0) is 17.9. The molecule has 31 heavy (non-hydrogen) atoms. The predicted octanol–water partition coefficient (Wildman–Crippen LogP) is 4.48. The fourth-order valence-electron chi connectivity index (χ4n) is 1.70. The highest BCUT2D eigenvalue weighted by molar-refractivity contribution is 6.31. The average Bonchev–Trinajstić information content (AvgIpc) is 2.64. The van der Waals surface area contributed by atoms with Crippen LogP contribution in [0.15, 0.2) is 91.0 Å². The summed E-state index contributed by atoms with van der Waals surface area (Å²) in [6, 6.07) is 25.4. The largest absolute Gasteiger partial charge is 0.508 e. The molecule has 174 valence electrons. The number of para-hydroxylation sites is 3. The van der Waals surface area contributed by atoms with Gasteiger partial charge in [0.25, 0.3) is 0 Å². The Labute approximate surface area is 185 Å². The van der Waals surface area contributed by atoms with Crippen molar-refractivity contribution in [3.05, 3.63) is 91.0 Å². The van der Waals surface area contributed by atoms with E-state index in [4.69, 9.17) is 14.6 Å². The van der Waals surface area contributed by atoms with Gasteiger partial charge in [0.2, 0.25) is 0 Å². The SMILES string of the molecule is C.C.C.C.O.O.O=C(Oc1ccccc1)C(=O)Oc1ccccc1.Oc1ccccc1. The molecule has 0 radical (unpaired) electrons. The van der Waals surface area contributed by atoms with Gasteiger partial charge in [-0.15, -0.1) is 0 Å². The van der Waals surface area contributed by atoms with Crippen molar-refractivity contribution in [2.24, 2.45) is 0 Å². The van der Waals surface area contributed by atoms with Gasteiger partial charge in [-0.05, 0) is 36.4 Å². The minimum atomic E-state index is -1.05. The summed E-state index contributed by atoms with van der Waals surface area (Å²) in [6.07, 6.45) is 0. The van der Waals surface area contributed by atoms with Crippen LogP contribution in [0.25, 0.3) is 0 Å². The normalized spacial score (nSPS) is 7.48. The third-order valence-corrected chi connectivity index (χ3v) is 2.83. The van der Waals surface area contributed by atoms with Crippen LogP contribution < -0.4 is 9.47 Å². The fourth-order valence-corrected chi connectivity index (χ4v) is 1.70. The molecule has 0 aromatic heterocycles. The summed E-state index contributed by atoms with van der Waals surface area (Å²) < 4.78 is 9.67. The molecule has 0 atom stereocenters. The summed E-state index contributed by atoms with van der Waals surface area (Å²) in [7, 11) is 0. The van der Waals surface area contributed by atoms with Gasteiger partial charge in [0.05, 0.1) is 0 Å². The highest BCUT2D eigenvalue weighted by Crippen LogP contribution is 2.11. The van der Waals surface area contributed by atoms with Crippen molar-refractivity contribution in [3.8, 4) is 17.2 Å². The topological polar surface area (TPSA) is 136 Å². The molecule has 0 aliphatic carbocycles. The lowest BCUT2D eigenvalue weighted by atomic mass is 10.3.